The number of nitrogens with zero attached hydrogens (tertiary/aromatic N) is 3. The van der Waals surface area contributed by atoms with Gasteiger partial charge >= 0.3 is 0 Å². The molecule has 0 spiro atoms. The van der Waals surface area contributed by atoms with E-state index in [9.17, 15) is 4.39 Å². The molecule has 0 aliphatic heterocycles. The van der Waals surface area contributed by atoms with Gasteiger partial charge in [-0.25, -0.2) is 14.1 Å². The van der Waals surface area contributed by atoms with E-state index in [1.807, 2.05) is 0 Å². The Morgan fingerprint density at radius 2 is 1.87 bits per heavy atom. The van der Waals surface area contributed by atoms with Gasteiger partial charge in [-0.2, -0.15) is 5.10 Å². The van der Waals surface area contributed by atoms with Crippen molar-refractivity contribution in [3.05, 3.63) is 39.0 Å². The van der Waals surface area contributed by atoms with Crippen molar-refractivity contribution in [2.24, 2.45) is 0 Å². The molecule has 0 amide bonds. The first-order chi connectivity index (χ1) is 7.08. The summed E-state index contributed by atoms with van der Waals surface area (Å²) < 4.78 is 15.9. The third-order valence-corrected chi connectivity index (χ3v) is 3.03. The summed E-state index contributed by atoms with van der Waals surface area (Å²) in [5, 5.41) is 4.16. The van der Waals surface area contributed by atoms with Crippen LogP contribution in [0, 0.1) is 12.7 Å². The SMILES string of the molecule is Cc1ncn(-c2c(Br)cc(F)cc2Br)n1. The predicted molar refractivity (Wildman–Crippen MR) is 61.5 cm³/mol. The highest BCUT2D eigenvalue weighted by atomic mass is 79.9. The van der Waals surface area contributed by atoms with Crippen molar-refractivity contribution in [1.82, 2.24) is 14.8 Å². The van der Waals surface area contributed by atoms with Crippen LogP contribution in [0.3, 0.4) is 0 Å². The fraction of sp³-hybridized carbons (Fsp3) is 0.111. The zero-order valence-corrected chi connectivity index (χ0v) is 10.9. The number of hydrogen-bond acceptors (Lipinski definition) is 2. The Kier molecular flexibility index (Phi) is 2.88. The monoisotopic (exact) mass is 333 g/mol. The highest BCUT2D eigenvalue weighted by Crippen LogP contribution is 2.29. The van der Waals surface area contributed by atoms with Gasteiger partial charge in [-0.15, -0.1) is 0 Å². The van der Waals surface area contributed by atoms with Crippen LogP contribution in [-0.2, 0) is 0 Å². The molecule has 1 aromatic carbocycles. The Balaban J connectivity index is 2.62. The molecule has 1 heterocycles. The summed E-state index contributed by atoms with van der Waals surface area (Å²) in [6.07, 6.45) is 1.58. The second-order valence-electron chi connectivity index (χ2n) is 2.95. The molecule has 2 rings (SSSR count). The molecule has 3 nitrogen and oxygen atoms in total. The van der Waals surface area contributed by atoms with Crippen LogP contribution in [0.25, 0.3) is 5.69 Å². The Morgan fingerprint density at radius 1 is 1.27 bits per heavy atom. The first-order valence-electron chi connectivity index (χ1n) is 4.11. The molecule has 6 heteroatoms. The smallest absolute Gasteiger partial charge is 0.147 e. The lowest BCUT2D eigenvalue weighted by atomic mass is 10.3. The van der Waals surface area contributed by atoms with Crippen LogP contribution in [0.5, 0.6) is 0 Å². The maximum Gasteiger partial charge on any atom is 0.147 e. The zero-order chi connectivity index (χ0) is 11.0. The van der Waals surface area contributed by atoms with Gasteiger partial charge in [0.15, 0.2) is 0 Å². The van der Waals surface area contributed by atoms with E-state index in [1.54, 1.807) is 17.9 Å². The Bertz CT molecular complexity index is 487. The lowest BCUT2D eigenvalue weighted by Crippen LogP contribution is -1.98. The first kappa shape index (κ1) is 10.8. The molecule has 0 saturated carbocycles. The molecule has 0 N–H and O–H groups in total. The van der Waals surface area contributed by atoms with Crippen molar-refractivity contribution in [3.8, 4) is 5.69 Å². The van der Waals surface area contributed by atoms with Crippen molar-refractivity contribution >= 4 is 31.9 Å². The van der Waals surface area contributed by atoms with Crippen LogP contribution in [-0.4, -0.2) is 14.8 Å². The molecule has 0 fully saturated rings. The van der Waals surface area contributed by atoms with E-state index in [0.717, 1.165) is 5.69 Å². The highest BCUT2D eigenvalue weighted by Gasteiger charge is 2.10. The van der Waals surface area contributed by atoms with Crippen molar-refractivity contribution in [3.63, 3.8) is 0 Å². The van der Waals surface area contributed by atoms with Crippen LogP contribution in [0.15, 0.2) is 27.4 Å². The molecule has 78 valence electrons. The molecular formula is C9H6Br2FN3. The van der Waals surface area contributed by atoms with Gasteiger partial charge in [-0.1, -0.05) is 0 Å². The first-order valence-corrected chi connectivity index (χ1v) is 5.69. The summed E-state index contributed by atoms with van der Waals surface area (Å²) >= 11 is 6.57. The number of rotatable bonds is 1. The van der Waals surface area contributed by atoms with Crippen molar-refractivity contribution in [1.29, 1.82) is 0 Å². The van der Waals surface area contributed by atoms with Crippen LogP contribution >= 0.6 is 31.9 Å². The Morgan fingerprint density at radius 3 is 2.33 bits per heavy atom. The largest absolute Gasteiger partial charge is 0.220 e. The van der Waals surface area contributed by atoms with Crippen molar-refractivity contribution < 1.29 is 4.39 Å². The van der Waals surface area contributed by atoms with Gasteiger partial charge in [0, 0.05) is 8.95 Å². The minimum Gasteiger partial charge on any atom is -0.220 e. The summed E-state index contributed by atoms with van der Waals surface area (Å²) in [6.45, 7) is 1.79. The minimum absolute atomic E-state index is 0.311. The van der Waals surface area contributed by atoms with Crippen molar-refractivity contribution in [2.45, 2.75) is 6.92 Å². The van der Waals surface area contributed by atoms with Gasteiger partial charge in [0.25, 0.3) is 0 Å². The van der Waals surface area contributed by atoms with E-state index in [1.165, 1.54) is 12.1 Å². The molecule has 0 aliphatic carbocycles. The fourth-order valence-electron chi connectivity index (χ4n) is 1.21. The van der Waals surface area contributed by atoms with E-state index in [2.05, 4.69) is 41.9 Å². The van der Waals surface area contributed by atoms with Crippen LogP contribution in [0.4, 0.5) is 4.39 Å². The van der Waals surface area contributed by atoms with Gasteiger partial charge < -0.3 is 0 Å². The van der Waals surface area contributed by atoms with Crippen LogP contribution < -0.4 is 0 Å². The maximum atomic E-state index is 13.0. The normalized spacial score (nSPS) is 10.7. The van der Waals surface area contributed by atoms with Gasteiger partial charge in [-0.3, -0.25) is 0 Å². The number of hydrogen-bond donors (Lipinski definition) is 0. The topological polar surface area (TPSA) is 30.7 Å². The summed E-state index contributed by atoms with van der Waals surface area (Å²) in [7, 11) is 0. The van der Waals surface area contributed by atoms with Crippen LogP contribution in [0.1, 0.15) is 5.82 Å². The number of benzene rings is 1. The summed E-state index contributed by atoms with van der Waals surface area (Å²) in [5.74, 6) is 0.354. The quantitative estimate of drug-likeness (QED) is 0.801. The number of halogens is 3. The summed E-state index contributed by atoms with van der Waals surface area (Å²) in [5.41, 5.74) is 0.733. The summed E-state index contributed by atoms with van der Waals surface area (Å²) in [6, 6.07) is 2.77. The zero-order valence-electron chi connectivity index (χ0n) is 7.71. The molecule has 1 aromatic heterocycles. The van der Waals surface area contributed by atoms with E-state index < -0.39 is 0 Å². The molecule has 15 heavy (non-hydrogen) atoms. The molecule has 0 aliphatic rings. The van der Waals surface area contributed by atoms with E-state index >= 15 is 0 Å². The molecule has 0 unspecified atom stereocenters. The van der Waals surface area contributed by atoms with E-state index in [4.69, 9.17) is 0 Å². The summed E-state index contributed by atoms with van der Waals surface area (Å²) in [4.78, 5) is 4.01. The average molecular weight is 335 g/mol. The fourth-order valence-corrected chi connectivity index (χ4v) is 2.70. The predicted octanol–water partition coefficient (Wildman–Crippen LogP) is 3.24. The molecule has 0 bridgehead atoms. The second kappa shape index (κ2) is 4.02. The number of aryl methyl sites for hydroxylation is 1. The Labute approximate surface area is 103 Å². The number of aromatic nitrogens is 3. The minimum atomic E-state index is -0.311. The van der Waals surface area contributed by atoms with Gasteiger partial charge in [0.05, 0.1) is 5.69 Å². The molecule has 0 saturated heterocycles. The maximum absolute atomic E-state index is 13.0. The third-order valence-electron chi connectivity index (χ3n) is 1.82. The standard InChI is InChI=1S/C9H6Br2FN3/c1-5-13-4-15(14-5)9-7(10)2-6(12)3-8(9)11/h2-4H,1H3. The van der Waals surface area contributed by atoms with Crippen molar-refractivity contribution in [2.75, 3.05) is 0 Å². The lowest BCUT2D eigenvalue weighted by molar-refractivity contribution is 0.625. The molecular weight excluding hydrogens is 329 g/mol. The van der Waals surface area contributed by atoms with Gasteiger partial charge in [-0.05, 0) is 50.9 Å². The van der Waals surface area contributed by atoms with Gasteiger partial charge in [0.2, 0.25) is 0 Å². The van der Waals surface area contributed by atoms with Crippen LogP contribution in [0.2, 0.25) is 0 Å². The van der Waals surface area contributed by atoms with Gasteiger partial charge in [0.1, 0.15) is 18.0 Å². The average Bonchev–Trinajstić information content (AvgIpc) is 2.49. The van der Waals surface area contributed by atoms with E-state index in [-0.39, 0.29) is 5.82 Å². The molecule has 0 atom stereocenters. The second-order valence-corrected chi connectivity index (χ2v) is 4.66. The highest BCUT2D eigenvalue weighted by molar-refractivity contribution is 9.11. The third kappa shape index (κ3) is 2.10. The molecule has 0 radical (unpaired) electrons. The Hall–Kier alpha value is -0.750. The molecule has 2 aromatic rings. The van der Waals surface area contributed by atoms with E-state index in [0.29, 0.717) is 14.8 Å². The lowest BCUT2D eigenvalue weighted by Gasteiger charge is -2.06.